The molecule has 1 heterocycles. The van der Waals surface area contributed by atoms with Gasteiger partial charge >= 0.3 is 5.97 Å². The number of benzene rings is 1. The van der Waals surface area contributed by atoms with Gasteiger partial charge in [0.05, 0.1) is 23.7 Å². The molecule has 0 radical (unpaired) electrons. The highest BCUT2D eigenvalue weighted by Gasteiger charge is 2.41. The first-order valence-corrected chi connectivity index (χ1v) is 9.03. The van der Waals surface area contributed by atoms with E-state index in [0.29, 0.717) is 24.3 Å². The molecule has 2 fully saturated rings. The highest BCUT2D eigenvalue weighted by atomic mass is 16.4. The molecule has 0 bridgehead atoms. The average molecular weight is 354 g/mol. The Bertz CT molecular complexity index is 843. The number of carboxylic acid groups (broad SMARTS) is 1. The molecule has 26 heavy (non-hydrogen) atoms. The van der Waals surface area contributed by atoms with Gasteiger partial charge in [-0.05, 0) is 44.7 Å². The lowest BCUT2D eigenvalue weighted by molar-refractivity contribution is -0.141. The van der Waals surface area contributed by atoms with E-state index in [-0.39, 0.29) is 18.0 Å². The lowest BCUT2D eigenvalue weighted by atomic mass is 10.1. The predicted molar refractivity (Wildman–Crippen MR) is 93.8 cm³/mol. The van der Waals surface area contributed by atoms with Gasteiger partial charge in [-0.2, -0.15) is 0 Å². The summed E-state index contributed by atoms with van der Waals surface area (Å²) < 4.78 is 1.75. The third-order valence-corrected chi connectivity index (χ3v) is 5.34. The molecule has 3 atom stereocenters. The summed E-state index contributed by atoms with van der Waals surface area (Å²) in [7, 11) is 0. The van der Waals surface area contributed by atoms with Gasteiger partial charge in [0, 0.05) is 17.7 Å². The van der Waals surface area contributed by atoms with E-state index in [1.54, 1.807) is 10.7 Å². The second kappa shape index (κ2) is 6.55. The van der Waals surface area contributed by atoms with Gasteiger partial charge < -0.3 is 10.4 Å². The fraction of sp³-hybridized carbons (Fsp3) is 0.474. The van der Waals surface area contributed by atoms with Crippen LogP contribution in [0, 0.1) is 12.8 Å². The van der Waals surface area contributed by atoms with Gasteiger partial charge in [0.15, 0.2) is 0 Å². The minimum atomic E-state index is -0.829. The summed E-state index contributed by atoms with van der Waals surface area (Å²) in [5, 5.41) is 20.9. The van der Waals surface area contributed by atoms with Crippen LogP contribution in [-0.2, 0) is 4.79 Å². The van der Waals surface area contributed by atoms with Crippen molar-refractivity contribution in [3.05, 3.63) is 47.3 Å². The van der Waals surface area contributed by atoms with Crippen LogP contribution in [0.4, 0.5) is 0 Å². The molecule has 1 amide bonds. The number of aromatic nitrogens is 3. The summed E-state index contributed by atoms with van der Waals surface area (Å²) >= 11 is 0. The third-order valence-electron chi connectivity index (χ3n) is 5.34. The molecule has 2 aliphatic carbocycles. The minimum absolute atomic E-state index is 0.183. The molecule has 0 spiro atoms. The first kappa shape index (κ1) is 16.8. The maximum absolute atomic E-state index is 12.6. The van der Waals surface area contributed by atoms with Crippen LogP contribution in [0.25, 0.3) is 0 Å². The van der Waals surface area contributed by atoms with Crippen molar-refractivity contribution in [2.45, 2.75) is 50.6 Å². The van der Waals surface area contributed by atoms with Crippen molar-refractivity contribution in [3.8, 4) is 0 Å². The van der Waals surface area contributed by atoms with E-state index in [1.807, 2.05) is 31.3 Å². The second-order valence-corrected chi connectivity index (χ2v) is 7.42. The average Bonchev–Trinajstić information content (AvgIpc) is 3.19. The van der Waals surface area contributed by atoms with Crippen molar-refractivity contribution in [2.75, 3.05) is 0 Å². The standard InChI is InChI=1S/C19H22N4O3/c1-11-3-2-4-13(7-11)18(24)20-15-8-14(19(25)26)9-17(15)23-10-16(21-22-23)12-5-6-12/h2-4,7,10,12,14-15,17H,5-6,8-9H2,1H3,(H,20,24)(H,25,26)/t14?,15-,17+/m1/s1. The zero-order valence-electron chi connectivity index (χ0n) is 14.6. The number of carbonyl (C=O) groups excluding carboxylic acids is 1. The van der Waals surface area contributed by atoms with E-state index in [4.69, 9.17) is 0 Å². The Labute approximate surface area is 151 Å². The zero-order chi connectivity index (χ0) is 18.3. The van der Waals surface area contributed by atoms with Crippen LogP contribution in [0.5, 0.6) is 0 Å². The number of nitrogens with zero attached hydrogens (tertiary/aromatic N) is 3. The van der Waals surface area contributed by atoms with Crippen LogP contribution < -0.4 is 5.32 Å². The van der Waals surface area contributed by atoms with Gasteiger partial charge in [0.25, 0.3) is 5.91 Å². The Morgan fingerprint density at radius 3 is 2.77 bits per heavy atom. The van der Waals surface area contributed by atoms with E-state index >= 15 is 0 Å². The molecule has 1 unspecified atom stereocenters. The fourth-order valence-electron chi connectivity index (χ4n) is 3.72. The molecule has 2 saturated carbocycles. The van der Waals surface area contributed by atoms with Crippen molar-refractivity contribution >= 4 is 11.9 Å². The van der Waals surface area contributed by atoms with Crippen LogP contribution in [0.15, 0.2) is 30.5 Å². The van der Waals surface area contributed by atoms with Crippen LogP contribution in [0.1, 0.15) is 59.3 Å². The third kappa shape index (κ3) is 3.34. The summed E-state index contributed by atoms with van der Waals surface area (Å²) in [6.07, 6.45) is 5.03. The monoisotopic (exact) mass is 354 g/mol. The van der Waals surface area contributed by atoms with Crippen molar-refractivity contribution < 1.29 is 14.7 Å². The normalized spacial score (nSPS) is 25.2. The fourth-order valence-corrected chi connectivity index (χ4v) is 3.72. The molecular formula is C19H22N4O3. The predicted octanol–water partition coefficient (Wildman–Crippen LogP) is 2.30. The Morgan fingerprint density at radius 1 is 1.27 bits per heavy atom. The molecule has 4 rings (SSSR count). The maximum atomic E-state index is 12.6. The van der Waals surface area contributed by atoms with Gasteiger partial charge in [-0.1, -0.05) is 22.9 Å². The van der Waals surface area contributed by atoms with E-state index in [0.717, 1.165) is 24.1 Å². The summed E-state index contributed by atoms with van der Waals surface area (Å²) in [6.45, 7) is 1.93. The maximum Gasteiger partial charge on any atom is 0.306 e. The SMILES string of the molecule is Cc1cccc(C(=O)N[C@@H]2CC(C(=O)O)C[C@@H]2n2cc(C3CC3)nn2)c1. The first-order chi connectivity index (χ1) is 12.5. The number of aliphatic carboxylic acids is 1. The molecule has 7 heteroatoms. The second-order valence-electron chi connectivity index (χ2n) is 7.42. The van der Waals surface area contributed by atoms with Gasteiger partial charge in [-0.25, -0.2) is 4.68 Å². The van der Waals surface area contributed by atoms with Gasteiger partial charge in [-0.15, -0.1) is 5.10 Å². The topological polar surface area (TPSA) is 97.1 Å². The van der Waals surface area contributed by atoms with Crippen LogP contribution >= 0.6 is 0 Å². The number of aryl methyl sites for hydroxylation is 1. The molecule has 7 nitrogen and oxygen atoms in total. The summed E-state index contributed by atoms with van der Waals surface area (Å²) in [5.74, 6) is -1.01. The molecular weight excluding hydrogens is 332 g/mol. The lowest BCUT2D eigenvalue weighted by Gasteiger charge is -2.20. The Morgan fingerprint density at radius 2 is 2.08 bits per heavy atom. The van der Waals surface area contributed by atoms with Crippen molar-refractivity contribution in [2.24, 2.45) is 5.92 Å². The first-order valence-electron chi connectivity index (χ1n) is 9.03. The number of amides is 1. The van der Waals surface area contributed by atoms with Crippen molar-refractivity contribution in [1.82, 2.24) is 20.3 Å². The summed E-state index contributed by atoms with van der Waals surface area (Å²) in [5.41, 5.74) is 2.56. The number of hydrogen-bond donors (Lipinski definition) is 2. The Hall–Kier alpha value is -2.70. The number of nitrogens with one attached hydrogen (secondary N) is 1. The number of carbonyl (C=O) groups is 2. The summed E-state index contributed by atoms with van der Waals surface area (Å²) in [6, 6.07) is 6.90. The van der Waals surface area contributed by atoms with E-state index < -0.39 is 11.9 Å². The highest BCUT2D eigenvalue weighted by molar-refractivity contribution is 5.94. The highest BCUT2D eigenvalue weighted by Crippen LogP contribution is 2.40. The van der Waals surface area contributed by atoms with E-state index in [1.165, 1.54) is 0 Å². The lowest BCUT2D eigenvalue weighted by Crippen LogP contribution is -2.38. The molecule has 2 aromatic rings. The molecule has 1 aromatic carbocycles. The largest absolute Gasteiger partial charge is 0.481 e. The smallest absolute Gasteiger partial charge is 0.306 e. The number of rotatable bonds is 5. The zero-order valence-corrected chi connectivity index (χ0v) is 14.6. The molecule has 2 aliphatic rings. The minimum Gasteiger partial charge on any atom is -0.481 e. The van der Waals surface area contributed by atoms with E-state index in [2.05, 4.69) is 15.6 Å². The van der Waals surface area contributed by atoms with Gasteiger partial charge in [0.1, 0.15) is 0 Å². The summed E-state index contributed by atoms with van der Waals surface area (Å²) in [4.78, 5) is 24.1. The molecule has 0 aliphatic heterocycles. The quantitative estimate of drug-likeness (QED) is 0.859. The Kier molecular flexibility index (Phi) is 4.22. The van der Waals surface area contributed by atoms with Gasteiger partial charge in [-0.3, -0.25) is 9.59 Å². The molecule has 2 N–H and O–H groups in total. The van der Waals surface area contributed by atoms with Crippen molar-refractivity contribution in [1.29, 1.82) is 0 Å². The molecule has 0 saturated heterocycles. The van der Waals surface area contributed by atoms with E-state index in [9.17, 15) is 14.7 Å². The molecule has 1 aromatic heterocycles. The van der Waals surface area contributed by atoms with Crippen molar-refractivity contribution in [3.63, 3.8) is 0 Å². The van der Waals surface area contributed by atoms with Crippen LogP contribution in [0.2, 0.25) is 0 Å². The number of hydrogen-bond acceptors (Lipinski definition) is 4. The van der Waals surface area contributed by atoms with Gasteiger partial charge in [0.2, 0.25) is 0 Å². The van der Waals surface area contributed by atoms with Crippen LogP contribution in [0.3, 0.4) is 0 Å². The Balaban J connectivity index is 1.54. The molecule has 136 valence electrons. The number of carboxylic acids is 1. The van der Waals surface area contributed by atoms with Crippen LogP contribution in [-0.4, -0.2) is 38.0 Å².